The molecule has 1 aromatic heterocycles. The molecule has 3 rings (SSSR count). The second-order valence-electron chi connectivity index (χ2n) is 6.75. The summed E-state index contributed by atoms with van der Waals surface area (Å²) in [6.07, 6.45) is 9.78. The van der Waals surface area contributed by atoms with Gasteiger partial charge >= 0.3 is 0 Å². The van der Waals surface area contributed by atoms with Crippen LogP contribution in [0.5, 0.6) is 0 Å². The zero-order chi connectivity index (χ0) is 14.5. The Kier molecular flexibility index (Phi) is 5.73. The fourth-order valence-electron chi connectivity index (χ4n) is 4.23. The molecular weight excluding hydrogens is 276 g/mol. The van der Waals surface area contributed by atoms with Gasteiger partial charge in [-0.1, -0.05) is 32.3 Å². The smallest absolute Gasteiger partial charge is 0.0439 e. The molecule has 0 radical (unpaired) electrons. The van der Waals surface area contributed by atoms with E-state index in [9.17, 15) is 0 Å². The van der Waals surface area contributed by atoms with E-state index in [4.69, 9.17) is 0 Å². The van der Waals surface area contributed by atoms with Gasteiger partial charge in [0.05, 0.1) is 0 Å². The molecular formula is C18H30N2S. The summed E-state index contributed by atoms with van der Waals surface area (Å²) in [6, 6.07) is 5.89. The summed E-state index contributed by atoms with van der Waals surface area (Å²) in [6.45, 7) is 6.06. The van der Waals surface area contributed by atoms with Crippen LogP contribution in [0.2, 0.25) is 0 Å². The van der Waals surface area contributed by atoms with Crippen molar-refractivity contribution in [3.8, 4) is 0 Å². The van der Waals surface area contributed by atoms with E-state index < -0.39 is 0 Å². The molecule has 0 amide bonds. The van der Waals surface area contributed by atoms with E-state index in [1.807, 2.05) is 11.3 Å². The van der Waals surface area contributed by atoms with Crippen LogP contribution in [0.4, 0.5) is 0 Å². The molecule has 2 heterocycles. The molecule has 2 aliphatic rings. The SMILES string of the molecule is CCC(c1cccs1)N1CCCNC(C2CCCCC2)C1. The average Bonchev–Trinajstić information content (AvgIpc) is 2.94. The predicted molar refractivity (Wildman–Crippen MR) is 91.9 cm³/mol. The summed E-state index contributed by atoms with van der Waals surface area (Å²) < 4.78 is 0. The monoisotopic (exact) mass is 306 g/mol. The average molecular weight is 307 g/mol. The third-order valence-corrected chi connectivity index (χ3v) is 6.35. The second kappa shape index (κ2) is 7.75. The highest BCUT2D eigenvalue weighted by Crippen LogP contribution is 2.32. The van der Waals surface area contributed by atoms with Crippen molar-refractivity contribution >= 4 is 11.3 Å². The predicted octanol–water partition coefficient (Wildman–Crippen LogP) is 4.44. The minimum atomic E-state index is 0.635. The quantitative estimate of drug-likeness (QED) is 0.884. The molecule has 118 valence electrons. The van der Waals surface area contributed by atoms with Gasteiger partial charge in [-0.15, -0.1) is 11.3 Å². The molecule has 0 bridgehead atoms. The topological polar surface area (TPSA) is 15.3 Å². The first-order chi connectivity index (χ1) is 10.4. The summed E-state index contributed by atoms with van der Waals surface area (Å²) in [7, 11) is 0. The van der Waals surface area contributed by atoms with Crippen LogP contribution in [0.15, 0.2) is 17.5 Å². The highest BCUT2D eigenvalue weighted by molar-refractivity contribution is 7.10. The zero-order valence-corrected chi connectivity index (χ0v) is 14.2. The molecule has 1 aliphatic heterocycles. The molecule has 1 aliphatic carbocycles. The van der Waals surface area contributed by atoms with Gasteiger partial charge in [0.2, 0.25) is 0 Å². The Balaban J connectivity index is 1.68. The van der Waals surface area contributed by atoms with E-state index >= 15 is 0 Å². The van der Waals surface area contributed by atoms with Crippen molar-refractivity contribution in [2.75, 3.05) is 19.6 Å². The van der Waals surface area contributed by atoms with Crippen molar-refractivity contribution in [1.82, 2.24) is 10.2 Å². The molecule has 1 aromatic rings. The van der Waals surface area contributed by atoms with Crippen LogP contribution in [-0.2, 0) is 0 Å². The lowest BCUT2D eigenvalue weighted by molar-refractivity contribution is 0.160. The summed E-state index contributed by atoms with van der Waals surface area (Å²) >= 11 is 1.93. The maximum absolute atomic E-state index is 3.87. The van der Waals surface area contributed by atoms with Crippen LogP contribution in [0.25, 0.3) is 0 Å². The molecule has 1 saturated carbocycles. The van der Waals surface area contributed by atoms with Crippen molar-refractivity contribution in [3.63, 3.8) is 0 Å². The van der Waals surface area contributed by atoms with Gasteiger partial charge in [-0.3, -0.25) is 4.90 Å². The van der Waals surface area contributed by atoms with Crippen molar-refractivity contribution in [1.29, 1.82) is 0 Å². The van der Waals surface area contributed by atoms with Gasteiger partial charge < -0.3 is 5.32 Å². The van der Waals surface area contributed by atoms with Gasteiger partial charge in [-0.2, -0.15) is 0 Å². The highest BCUT2D eigenvalue weighted by atomic mass is 32.1. The number of nitrogens with zero attached hydrogens (tertiary/aromatic N) is 1. The lowest BCUT2D eigenvalue weighted by atomic mass is 9.83. The lowest BCUT2D eigenvalue weighted by Gasteiger charge is -2.36. The van der Waals surface area contributed by atoms with E-state index in [0.717, 1.165) is 12.0 Å². The van der Waals surface area contributed by atoms with Crippen molar-refractivity contribution < 1.29 is 0 Å². The standard InChI is InChI=1S/C18H30N2S/c1-2-17(18-10-6-13-21-18)20-12-7-11-19-16(14-20)15-8-4-3-5-9-15/h6,10,13,15-17,19H,2-5,7-9,11-12,14H2,1H3. The van der Waals surface area contributed by atoms with Crippen LogP contribution < -0.4 is 5.32 Å². The molecule has 1 saturated heterocycles. The molecule has 3 heteroatoms. The Morgan fingerprint density at radius 1 is 1.29 bits per heavy atom. The molecule has 21 heavy (non-hydrogen) atoms. The van der Waals surface area contributed by atoms with E-state index in [0.29, 0.717) is 6.04 Å². The fourth-order valence-corrected chi connectivity index (χ4v) is 5.18. The van der Waals surface area contributed by atoms with Crippen LogP contribution in [-0.4, -0.2) is 30.6 Å². The first-order valence-corrected chi connectivity index (χ1v) is 9.77. The molecule has 0 aromatic carbocycles. The van der Waals surface area contributed by atoms with Gasteiger partial charge in [-0.05, 0) is 49.6 Å². The van der Waals surface area contributed by atoms with Crippen molar-refractivity contribution in [2.45, 2.75) is 64.0 Å². The normalized spacial score (nSPS) is 27.4. The lowest BCUT2D eigenvalue weighted by Crippen LogP contribution is -2.44. The minimum absolute atomic E-state index is 0.635. The van der Waals surface area contributed by atoms with Crippen molar-refractivity contribution in [3.05, 3.63) is 22.4 Å². The van der Waals surface area contributed by atoms with Crippen LogP contribution in [0.1, 0.15) is 62.8 Å². The third-order valence-electron chi connectivity index (χ3n) is 5.38. The Morgan fingerprint density at radius 3 is 2.86 bits per heavy atom. The number of hydrogen-bond acceptors (Lipinski definition) is 3. The Labute approximate surface area is 133 Å². The number of thiophene rings is 1. The minimum Gasteiger partial charge on any atom is -0.312 e. The highest BCUT2D eigenvalue weighted by Gasteiger charge is 2.30. The first kappa shape index (κ1) is 15.5. The van der Waals surface area contributed by atoms with Gasteiger partial charge in [-0.25, -0.2) is 0 Å². The van der Waals surface area contributed by atoms with Crippen LogP contribution in [0, 0.1) is 5.92 Å². The molecule has 0 spiro atoms. The summed E-state index contributed by atoms with van der Waals surface area (Å²) in [5.74, 6) is 0.917. The van der Waals surface area contributed by atoms with Gasteiger partial charge in [0.25, 0.3) is 0 Å². The molecule has 2 nitrogen and oxygen atoms in total. The van der Waals surface area contributed by atoms with Crippen LogP contribution >= 0.6 is 11.3 Å². The van der Waals surface area contributed by atoms with E-state index in [2.05, 4.69) is 34.7 Å². The number of rotatable bonds is 4. The second-order valence-corrected chi connectivity index (χ2v) is 7.73. The largest absolute Gasteiger partial charge is 0.312 e. The molecule has 2 atom stereocenters. The Hall–Kier alpha value is -0.380. The van der Waals surface area contributed by atoms with Gasteiger partial charge in [0, 0.05) is 30.1 Å². The molecule has 1 N–H and O–H groups in total. The van der Waals surface area contributed by atoms with Gasteiger partial charge in [0.15, 0.2) is 0 Å². The van der Waals surface area contributed by atoms with Crippen LogP contribution in [0.3, 0.4) is 0 Å². The Morgan fingerprint density at radius 2 is 2.14 bits per heavy atom. The third kappa shape index (κ3) is 3.88. The molecule has 2 unspecified atom stereocenters. The maximum atomic E-state index is 3.87. The summed E-state index contributed by atoms with van der Waals surface area (Å²) in [4.78, 5) is 4.33. The first-order valence-electron chi connectivity index (χ1n) is 8.89. The fraction of sp³-hybridized carbons (Fsp3) is 0.778. The van der Waals surface area contributed by atoms with E-state index in [1.54, 1.807) is 4.88 Å². The van der Waals surface area contributed by atoms with Gasteiger partial charge in [0.1, 0.15) is 0 Å². The van der Waals surface area contributed by atoms with E-state index in [1.165, 1.54) is 64.6 Å². The summed E-state index contributed by atoms with van der Waals surface area (Å²) in [5, 5.41) is 6.10. The Bertz CT molecular complexity index is 397. The maximum Gasteiger partial charge on any atom is 0.0439 e. The summed E-state index contributed by atoms with van der Waals surface area (Å²) in [5.41, 5.74) is 0. The number of hydrogen-bond donors (Lipinski definition) is 1. The number of nitrogens with one attached hydrogen (secondary N) is 1. The van der Waals surface area contributed by atoms with E-state index in [-0.39, 0.29) is 0 Å². The van der Waals surface area contributed by atoms with Crippen molar-refractivity contribution in [2.24, 2.45) is 5.92 Å². The molecule has 2 fully saturated rings. The zero-order valence-electron chi connectivity index (χ0n) is 13.4.